The highest BCUT2D eigenvalue weighted by molar-refractivity contribution is 8.00. The third-order valence-electron chi connectivity index (χ3n) is 6.04. The Morgan fingerprint density at radius 2 is 1.74 bits per heavy atom. The molecule has 0 saturated carbocycles. The zero-order valence-corrected chi connectivity index (χ0v) is 23.6. The summed E-state index contributed by atoms with van der Waals surface area (Å²) in [4.78, 5) is 25.4. The molecule has 0 saturated heterocycles. The molecule has 200 valence electrons. The molecule has 1 atom stereocenters. The summed E-state index contributed by atoms with van der Waals surface area (Å²) in [6.07, 6.45) is 3.90. The number of amides is 2. The fourth-order valence-corrected chi connectivity index (χ4v) is 5.08. The van der Waals surface area contributed by atoms with Gasteiger partial charge in [-0.25, -0.2) is 0 Å². The van der Waals surface area contributed by atoms with E-state index in [1.165, 1.54) is 17.8 Å². The second-order valence-electron chi connectivity index (χ2n) is 8.82. The smallest absolute Gasteiger partial charge is 0.248 e. The van der Waals surface area contributed by atoms with Gasteiger partial charge in [0.25, 0.3) is 0 Å². The predicted molar refractivity (Wildman–Crippen MR) is 160 cm³/mol. The van der Waals surface area contributed by atoms with E-state index in [0.29, 0.717) is 40.3 Å². The Morgan fingerprint density at radius 3 is 2.44 bits per heavy atom. The molecule has 0 spiro atoms. The first-order valence-corrected chi connectivity index (χ1v) is 13.9. The summed E-state index contributed by atoms with van der Waals surface area (Å²) in [5, 5.41) is 15.6. The Hall–Kier alpha value is -3.88. The molecule has 2 amide bonds. The Kier molecular flexibility index (Phi) is 9.57. The molecule has 9 heteroatoms. The number of carbonyl (C=O) groups is 2. The van der Waals surface area contributed by atoms with Gasteiger partial charge in [-0.2, -0.15) is 0 Å². The minimum Gasteiger partial charge on any atom is -0.325 e. The van der Waals surface area contributed by atoms with Gasteiger partial charge in [0.1, 0.15) is 0 Å². The first-order chi connectivity index (χ1) is 18.9. The Balaban J connectivity index is 1.43. The maximum Gasteiger partial charge on any atom is 0.248 e. The minimum absolute atomic E-state index is 0.110. The number of halogens is 1. The molecule has 0 aliphatic carbocycles. The number of hydrogen-bond donors (Lipinski definition) is 2. The highest BCUT2D eigenvalue weighted by Crippen LogP contribution is 2.30. The molecule has 4 rings (SSSR count). The Bertz CT molecular complexity index is 1470. The molecule has 1 heterocycles. The lowest BCUT2D eigenvalue weighted by molar-refractivity contribution is -0.115. The molecule has 39 heavy (non-hydrogen) atoms. The van der Waals surface area contributed by atoms with Crippen LogP contribution in [-0.4, -0.2) is 31.8 Å². The van der Waals surface area contributed by atoms with Crippen molar-refractivity contribution in [1.82, 2.24) is 14.8 Å². The van der Waals surface area contributed by atoms with Crippen LogP contribution in [0.5, 0.6) is 0 Å². The molecule has 0 fully saturated rings. The lowest BCUT2D eigenvalue weighted by Gasteiger charge is -2.16. The number of aryl methyl sites for hydroxylation is 1. The Morgan fingerprint density at radius 1 is 1.00 bits per heavy atom. The molecule has 4 aromatic rings. The van der Waals surface area contributed by atoms with Gasteiger partial charge in [0, 0.05) is 34.6 Å². The Labute approximate surface area is 237 Å². The van der Waals surface area contributed by atoms with Gasteiger partial charge < -0.3 is 15.2 Å². The van der Waals surface area contributed by atoms with Gasteiger partial charge in [0.2, 0.25) is 11.8 Å². The third kappa shape index (κ3) is 7.37. The van der Waals surface area contributed by atoms with E-state index in [2.05, 4.69) is 20.8 Å². The van der Waals surface area contributed by atoms with E-state index in [1.807, 2.05) is 86.0 Å². The van der Waals surface area contributed by atoms with Crippen LogP contribution in [-0.2, 0) is 16.1 Å². The fourth-order valence-electron chi connectivity index (χ4n) is 3.89. The number of thioether (sulfide) groups is 1. The van der Waals surface area contributed by atoms with Crippen LogP contribution >= 0.6 is 23.4 Å². The van der Waals surface area contributed by atoms with E-state index in [-0.39, 0.29) is 17.1 Å². The molecule has 0 aliphatic rings. The van der Waals surface area contributed by atoms with Crippen molar-refractivity contribution in [2.75, 3.05) is 10.6 Å². The second-order valence-corrected chi connectivity index (χ2v) is 10.4. The zero-order chi connectivity index (χ0) is 27.8. The van der Waals surface area contributed by atoms with Crippen LogP contribution in [0.1, 0.15) is 31.4 Å². The average molecular weight is 560 g/mol. The van der Waals surface area contributed by atoms with Crippen LogP contribution in [0.2, 0.25) is 5.02 Å². The first-order valence-electron chi connectivity index (χ1n) is 12.7. The van der Waals surface area contributed by atoms with Crippen molar-refractivity contribution in [2.45, 2.75) is 44.1 Å². The number of rotatable bonds is 10. The molecule has 3 aromatic carbocycles. The standard InChI is InChI=1S/C30H30ClN5O2S/c1-4-26(29(38)33-25-19-23(31)15-11-20(25)3)39-30-35-34-28(36(30)5-2)22-13-16-24(17-14-22)32-27(37)18-12-21-9-7-6-8-10-21/h6-19,26H,4-5H2,1-3H3,(H,32,37)(H,33,38). The molecule has 2 N–H and O–H groups in total. The summed E-state index contributed by atoms with van der Waals surface area (Å²) in [6.45, 7) is 6.55. The fraction of sp³-hybridized carbons (Fsp3) is 0.200. The van der Waals surface area contributed by atoms with Gasteiger partial charge in [-0.3, -0.25) is 9.59 Å². The number of aromatic nitrogens is 3. The monoisotopic (exact) mass is 559 g/mol. The van der Waals surface area contributed by atoms with Crippen molar-refractivity contribution in [3.8, 4) is 11.4 Å². The summed E-state index contributed by atoms with van der Waals surface area (Å²) < 4.78 is 1.99. The highest BCUT2D eigenvalue weighted by Gasteiger charge is 2.23. The maximum absolute atomic E-state index is 13.1. The predicted octanol–water partition coefficient (Wildman–Crippen LogP) is 7.09. The van der Waals surface area contributed by atoms with Crippen molar-refractivity contribution < 1.29 is 9.59 Å². The normalized spacial score (nSPS) is 11.9. The number of carbonyl (C=O) groups excluding carboxylic acids is 2. The number of nitrogens with zero attached hydrogens (tertiary/aromatic N) is 3. The van der Waals surface area contributed by atoms with Gasteiger partial charge in [-0.05, 0) is 73.9 Å². The van der Waals surface area contributed by atoms with Crippen LogP contribution in [0, 0.1) is 6.92 Å². The number of hydrogen-bond acceptors (Lipinski definition) is 5. The molecular weight excluding hydrogens is 530 g/mol. The summed E-state index contributed by atoms with van der Waals surface area (Å²) in [5.41, 5.74) is 4.14. The van der Waals surface area contributed by atoms with Crippen molar-refractivity contribution in [1.29, 1.82) is 0 Å². The lowest BCUT2D eigenvalue weighted by atomic mass is 10.2. The van der Waals surface area contributed by atoms with Crippen LogP contribution in [0.3, 0.4) is 0 Å². The first kappa shape index (κ1) is 28.1. The highest BCUT2D eigenvalue weighted by atomic mass is 35.5. The lowest BCUT2D eigenvalue weighted by Crippen LogP contribution is -2.25. The second kappa shape index (κ2) is 13.3. The van der Waals surface area contributed by atoms with E-state index in [0.717, 1.165) is 16.7 Å². The topological polar surface area (TPSA) is 88.9 Å². The van der Waals surface area contributed by atoms with Gasteiger partial charge in [0.15, 0.2) is 11.0 Å². The van der Waals surface area contributed by atoms with Crippen molar-refractivity contribution in [3.63, 3.8) is 0 Å². The summed E-state index contributed by atoms with van der Waals surface area (Å²) in [5.74, 6) is 0.378. The number of anilines is 2. The van der Waals surface area contributed by atoms with Gasteiger partial charge in [0.05, 0.1) is 5.25 Å². The third-order valence-corrected chi connectivity index (χ3v) is 7.62. The maximum atomic E-state index is 13.1. The van der Waals surface area contributed by atoms with E-state index >= 15 is 0 Å². The zero-order valence-electron chi connectivity index (χ0n) is 22.0. The number of nitrogens with one attached hydrogen (secondary N) is 2. The van der Waals surface area contributed by atoms with E-state index < -0.39 is 0 Å². The van der Waals surface area contributed by atoms with Crippen LogP contribution in [0.4, 0.5) is 11.4 Å². The summed E-state index contributed by atoms with van der Waals surface area (Å²) in [7, 11) is 0. The summed E-state index contributed by atoms with van der Waals surface area (Å²) >= 11 is 7.50. The van der Waals surface area contributed by atoms with E-state index in [1.54, 1.807) is 18.2 Å². The van der Waals surface area contributed by atoms with Gasteiger partial charge in [-0.1, -0.05) is 66.7 Å². The van der Waals surface area contributed by atoms with Crippen LogP contribution in [0.15, 0.2) is 84.0 Å². The number of benzene rings is 3. The minimum atomic E-state index is -0.354. The molecule has 0 bridgehead atoms. The molecule has 0 aliphatic heterocycles. The van der Waals surface area contributed by atoms with E-state index in [4.69, 9.17) is 11.6 Å². The molecular formula is C30H30ClN5O2S. The van der Waals surface area contributed by atoms with Gasteiger partial charge in [-0.15, -0.1) is 10.2 Å². The van der Waals surface area contributed by atoms with Gasteiger partial charge >= 0.3 is 0 Å². The largest absolute Gasteiger partial charge is 0.325 e. The SMILES string of the molecule is CCC(Sc1nnc(-c2ccc(NC(=O)C=Cc3ccccc3)cc2)n1CC)C(=O)Nc1cc(Cl)ccc1C. The average Bonchev–Trinajstić information content (AvgIpc) is 3.36. The molecule has 1 unspecified atom stereocenters. The quantitative estimate of drug-likeness (QED) is 0.160. The van der Waals surface area contributed by atoms with Crippen molar-refractivity contribution in [3.05, 3.63) is 95.0 Å². The van der Waals surface area contributed by atoms with E-state index in [9.17, 15) is 9.59 Å². The molecule has 1 aromatic heterocycles. The summed E-state index contributed by atoms with van der Waals surface area (Å²) in [6, 6.07) is 22.5. The van der Waals surface area contributed by atoms with Crippen LogP contribution in [0.25, 0.3) is 17.5 Å². The van der Waals surface area contributed by atoms with Crippen molar-refractivity contribution >= 4 is 52.6 Å². The van der Waals surface area contributed by atoms with Crippen molar-refractivity contribution in [2.24, 2.45) is 0 Å². The molecule has 7 nitrogen and oxygen atoms in total. The van der Waals surface area contributed by atoms with Crippen LogP contribution < -0.4 is 10.6 Å². The molecule has 0 radical (unpaired) electrons.